The molecule has 0 saturated heterocycles. The van der Waals surface area contributed by atoms with Crippen LogP contribution in [-0.2, 0) is 17.8 Å². The van der Waals surface area contributed by atoms with Gasteiger partial charge in [0, 0.05) is 18.7 Å². The minimum absolute atomic E-state index is 0.0422. The van der Waals surface area contributed by atoms with Gasteiger partial charge in [0.2, 0.25) is 5.91 Å². The summed E-state index contributed by atoms with van der Waals surface area (Å²) < 4.78 is 0. The molecule has 5 nitrogen and oxygen atoms in total. The fraction of sp³-hybridized carbons (Fsp3) is 0.444. The van der Waals surface area contributed by atoms with Crippen molar-refractivity contribution >= 4 is 5.91 Å². The van der Waals surface area contributed by atoms with Gasteiger partial charge >= 0.3 is 0 Å². The zero-order valence-electron chi connectivity index (χ0n) is 14.1. The summed E-state index contributed by atoms with van der Waals surface area (Å²) in [7, 11) is 0. The molecule has 0 spiro atoms. The Morgan fingerprint density at radius 2 is 1.91 bits per heavy atom. The Hall–Kier alpha value is -2.14. The number of amides is 1. The number of carbonyl (C=O) groups excluding carboxylic acids is 1. The maximum atomic E-state index is 12.5. The van der Waals surface area contributed by atoms with E-state index in [0.29, 0.717) is 25.9 Å². The lowest BCUT2D eigenvalue weighted by atomic mass is 10.0. The molecule has 0 fully saturated rings. The van der Waals surface area contributed by atoms with Gasteiger partial charge in [-0.25, -0.2) is 4.98 Å². The number of carbonyl (C=O) groups is 1. The highest BCUT2D eigenvalue weighted by molar-refractivity contribution is 5.76. The van der Waals surface area contributed by atoms with E-state index >= 15 is 0 Å². The molecule has 0 aliphatic heterocycles. The monoisotopic (exact) mass is 315 g/mol. The normalized spacial score (nSPS) is 10.8. The largest absolute Gasteiger partial charge is 0.395 e. The van der Waals surface area contributed by atoms with Gasteiger partial charge in [0.25, 0.3) is 0 Å². The van der Waals surface area contributed by atoms with Crippen molar-refractivity contribution in [1.29, 1.82) is 0 Å². The number of aromatic nitrogens is 2. The summed E-state index contributed by atoms with van der Waals surface area (Å²) in [6.07, 6.45) is 2.77. The van der Waals surface area contributed by atoms with Crippen LogP contribution >= 0.6 is 0 Å². The SMILES string of the molecule is Cc1cc(C)cc(CCC(=O)N(CCO)Cc2nc[nH]c2C)c1. The Bertz CT molecular complexity index is 644. The molecule has 0 aliphatic carbocycles. The Labute approximate surface area is 137 Å². The van der Waals surface area contributed by atoms with Crippen LogP contribution in [0.4, 0.5) is 0 Å². The molecular weight excluding hydrogens is 290 g/mol. The summed E-state index contributed by atoms with van der Waals surface area (Å²) in [5.41, 5.74) is 5.41. The van der Waals surface area contributed by atoms with Gasteiger partial charge in [-0.3, -0.25) is 4.79 Å². The van der Waals surface area contributed by atoms with Crippen molar-refractivity contribution in [3.8, 4) is 0 Å². The highest BCUT2D eigenvalue weighted by Gasteiger charge is 2.15. The van der Waals surface area contributed by atoms with Crippen LogP contribution in [0.1, 0.15) is 34.5 Å². The molecule has 0 aliphatic rings. The van der Waals surface area contributed by atoms with Crippen molar-refractivity contribution in [3.63, 3.8) is 0 Å². The van der Waals surface area contributed by atoms with Crippen molar-refractivity contribution in [2.45, 2.75) is 40.2 Å². The first kappa shape index (κ1) is 17.2. The number of hydrogen-bond donors (Lipinski definition) is 2. The van der Waals surface area contributed by atoms with Gasteiger partial charge in [0.15, 0.2) is 0 Å². The topological polar surface area (TPSA) is 69.2 Å². The number of rotatable bonds is 7. The number of nitrogens with one attached hydrogen (secondary N) is 1. The second kappa shape index (κ2) is 7.92. The van der Waals surface area contributed by atoms with E-state index in [2.05, 4.69) is 42.0 Å². The molecule has 0 unspecified atom stereocenters. The van der Waals surface area contributed by atoms with Gasteiger partial charge in [0.1, 0.15) is 0 Å². The molecule has 2 rings (SSSR count). The standard InChI is InChI=1S/C18H25N3O2/c1-13-8-14(2)10-16(9-13)4-5-18(23)21(6-7-22)11-17-15(3)19-12-20-17/h8-10,12,22H,4-7,11H2,1-3H3,(H,19,20). The number of aromatic amines is 1. The maximum Gasteiger partial charge on any atom is 0.223 e. The number of aryl methyl sites for hydroxylation is 4. The summed E-state index contributed by atoms with van der Waals surface area (Å²) in [5.74, 6) is 0.0422. The van der Waals surface area contributed by atoms with Crippen LogP contribution in [0, 0.1) is 20.8 Å². The Morgan fingerprint density at radius 3 is 2.48 bits per heavy atom. The number of benzene rings is 1. The molecule has 1 heterocycles. The summed E-state index contributed by atoms with van der Waals surface area (Å²) in [5, 5.41) is 9.22. The fourth-order valence-electron chi connectivity index (χ4n) is 2.76. The number of aliphatic hydroxyl groups is 1. The molecule has 0 atom stereocenters. The average molecular weight is 315 g/mol. The van der Waals surface area contributed by atoms with Crippen LogP contribution in [0.2, 0.25) is 0 Å². The van der Waals surface area contributed by atoms with Crippen molar-refractivity contribution in [2.24, 2.45) is 0 Å². The van der Waals surface area contributed by atoms with E-state index in [0.717, 1.165) is 11.4 Å². The average Bonchev–Trinajstić information content (AvgIpc) is 2.88. The lowest BCUT2D eigenvalue weighted by Crippen LogP contribution is -2.33. The van der Waals surface area contributed by atoms with E-state index in [4.69, 9.17) is 0 Å². The van der Waals surface area contributed by atoms with Crippen molar-refractivity contribution in [2.75, 3.05) is 13.2 Å². The Morgan fingerprint density at radius 1 is 1.22 bits per heavy atom. The van der Waals surface area contributed by atoms with Crippen LogP contribution in [0.15, 0.2) is 24.5 Å². The fourth-order valence-corrected chi connectivity index (χ4v) is 2.76. The van der Waals surface area contributed by atoms with Gasteiger partial charge in [-0.15, -0.1) is 0 Å². The van der Waals surface area contributed by atoms with Crippen LogP contribution in [-0.4, -0.2) is 39.0 Å². The van der Waals surface area contributed by atoms with E-state index in [1.165, 1.54) is 16.7 Å². The molecule has 2 N–H and O–H groups in total. The molecule has 1 aromatic heterocycles. The molecule has 0 saturated carbocycles. The zero-order chi connectivity index (χ0) is 16.8. The highest BCUT2D eigenvalue weighted by Crippen LogP contribution is 2.13. The first-order valence-electron chi connectivity index (χ1n) is 7.94. The van der Waals surface area contributed by atoms with Gasteiger partial charge in [-0.1, -0.05) is 29.3 Å². The number of hydrogen-bond acceptors (Lipinski definition) is 3. The predicted octanol–water partition coefficient (Wildman–Crippen LogP) is 2.29. The third kappa shape index (κ3) is 4.93. The summed E-state index contributed by atoms with van der Waals surface area (Å²) in [4.78, 5) is 21.4. The highest BCUT2D eigenvalue weighted by atomic mass is 16.3. The minimum Gasteiger partial charge on any atom is -0.395 e. The molecule has 2 aromatic rings. The summed E-state index contributed by atoms with van der Waals surface area (Å²) in [6, 6.07) is 6.37. The minimum atomic E-state index is -0.0429. The third-order valence-corrected chi connectivity index (χ3v) is 3.91. The molecular formula is C18H25N3O2. The van der Waals surface area contributed by atoms with Crippen molar-refractivity contribution < 1.29 is 9.90 Å². The summed E-state index contributed by atoms with van der Waals surface area (Å²) >= 11 is 0. The Kier molecular flexibility index (Phi) is 5.93. The van der Waals surface area contributed by atoms with Crippen LogP contribution < -0.4 is 0 Å². The van der Waals surface area contributed by atoms with Crippen LogP contribution in [0.25, 0.3) is 0 Å². The predicted molar refractivity (Wildman–Crippen MR) is 90.1 cm³/mol. The number of imidazole rings is 1. The molecule has 0 bridgehead atoms. The van der Waals surface area contributed by atoms with Crippen molar-refractivity contribution in [1.82, 2.24) is 14.9 Å². The van der Waals surface area contributed by atoms with Gasteiger partial charge in [-0.2, -0.15) is 0 Å². The van der Waals surface area contributed by atoms with Crippen LogP contribution in [0.3, 0.4) is 0 Å². The molecule has 1 amide bonds. The summed E-state index contributed by atoms with van der Waals surface area (Å²) in [6.45, 7) is 6.78. The van der Waals surface area contributed by atoms with Gasteiger partial charge in [0.05, 0.1) is 25.2 Å². The smallest absolute Gasteiger partial charge is 0.223 e. The van der Waals surface area contributed by atoms with Gasteiger partial charge < -0.3 is 15.0 Å². The first-order chi connectivity index (χ1) is 11.0. The molecule has 0 radical (unpaired) electrons. The maximum absolute atomic E-state index is 12.5. The zero-order valence-corrected chi connectivity index (χ0v) is 14.1. The van der Waals surface area contributed by atoms with E-state index < -0.39 is 0 Å². The molecule has 23 heavy (non-hydrogen) atoms. The number of H-pyrrole nitrogens is 1. The van der Waals surface area contributed by atoms with E-state index in [1.54, 1.807) is 11.2 Å². The third-order valence-electron chi connectivity index (χ3n) is 3.91. The van der Waals surface area contributed by atoms with E-state index in [9.17, 15) is 9.90 Å². The van der Waals surface area contributed by atoms with E-state index in [1.807, 2.05) is 6.92 Å². The lowest BCUT2D eigenvalue weighted by Gasteiger charge is -2.21. The van der Waals surface area contributed by atoms with E-state index in [-0.39, 0.29) is 12.5 Å². The Balaban J connectivity index is 1.99. The first-order valence-corrected chi connectivity index (χ1v) is 7.94. The van der Waals surface area contributed by atoms with Crippen LogP contribution in [0.5, 0.6) is 0 Å². The molecule has 1 aromatic carbocycles. The number of aliphatic hydroxyl groups excluding tert-OH is 1. The molecule has 5 heteroatoms. The number of nitrogens with zero attached hydrogens (tertiary/aromatic N) is 2. The van der Waals surface area contributed by atoms with Gasteiger partial charge in [-0.05, 0) is 32.8 Å². The quantitative estimate of drug-likeness (QED) is 0.823. The second-order valence-electron chi connectivity index (χ2n) is 6.01. The second-order valence-corrected chi connectivity index (χ2v) is 6.01. The lowest BCUT2D eigenvalue weighted by molar-refractivity contribution is -0.132. The molecule has 124 valence electrons. The van der Waals surface area contributed by atoms with Crippen molar-refractivity contribution in [3.05, 3.63) is 52.6 Å².